The highest BCUT2D eigenvalue weighted by molar-refractivity contribution is 5.91. The molecule has 0 radical (unpaired) electrons. The van der Waals surface area contributed by atoms with Crippen LogP contribution in [0.1, 0.15) is 10.5 Å². The molecule has 0 atom stereocenters. The smallest absolute Gasteiger partial charge is 0.360 e. The van der Waals surface area contributed by atoms with Gasteiger partial charge in [0.2, 0.25) is 11.1 Å². The molecule has 3 N–H and O–H groups in total. The van der Waals surface area contributed by atoms with Gasteiger partial charge in [0, 0.05) is 0 Å². The maximum absolute atomic E-state index is 11.8. The SMILES string of the molecule is O=C(O)c1n[nH]c2c(OCCO)cccc2c1=O. The molecule has 18 heavy (non-hydrogen) atoms. The van der Waals surface area contributed by atoms with E-state index in [0.29, 0.717) is 11.3 Å². The van der Waals surface area contributed by atoms with E-state index in [4.69, 9.17) is 14.9 Å². The first kappa shape index (κ1) is 12.1. The van der Waals surface area contributed by atoms with Gasteiger partial charge in [-0.2, -0.15) is 5.10 Å². The maximum atomic E-state index is 11.8. The topological polar surface area (TPSA) is 113 Å². The van der Waals surface area contributed by atoms with Crippen molar-refractivity contribution >= 4 is 16.9 Å². The molecule has 0 aliphatic rings. The highest BCUT2D eigenvalue weighted by Crippen LogP contribution is 2.20. The van der Waals surface area contributed by atoms with Gasteiger partial charge in [-0.25, -0.2) is 4.79 Å². The average Bonchev–Trinajstić information content (AvgIpc) is 2.36. The van der Waals surface area contributed by atoms with E-state index in [2.05, 4.69) is 10.2 Å². The molecule has 0 bridgehead atoms. The number of carboxylic acid groups (broad SMARTS) is 1. The monoisotopic (exact) mass is 250 g/mol. The van der Waals surface area contributed by atoms with Crippen molar-refractivity contribution in [3.8, 4) is 5.75 Å². The summed E-state index contributed by atoms with van der Waals surface area (Å²) in [4.78, 5) is 22.6. The van der Waals surface area contributed by atoms with Crippen molar-refractivity contribution in [1.82, 2.24) is 10.2 Å². The molecule has 2 rings (SSSR count). The second kappa shape index (κ2) is 4.84. The zero-order valence-electron chi connectivity index (χ0n) is 9.21. The molecule has 94 valence electrons. The number of rotatable bonds is 4. The predicted octanol–water partition coefficient (Wildman–Crippen LogP) is -0.00760. The van der Waals surface area contributed by atoms with Gasteiger partial charge in [-0.1, -0.05) is 6.07 Å². The number of nitrogens with one attached hydrogen (secondary N) is 1. The van der Waals surface area contributed by atoms with Crippen molar-refractivity contribution in [2.75, 3.05) is 13.2 Å². The number of ether oxygens (including phenoxy) is 1. The van der Waals surface area contributed by atoms with Crippen molar-refractivity contribution < 1.29 is 19.7 Å². The molecule has 7 nitrogen and oxygen atoms in total. The lowest BCUT2D eigenvalue weighted by Gasteiger charge is -2.07. The third-order valence-corrected chi connectivity index (χ3v) is 2.32. The summed E-state index contributed by atoms with van der Waals surface area (Å²) in [5.74, 6) is -1.05. The average molecular weight is 250 g/mol. The number of hydrogen-bond acceptors (Lipinski definition) is 5. The lowest BCUT2D eigenvalue weighted by Crippen LogP contribution is -2.18. The Hall–Kier alpha value is -2.41. The number of nitrogens with zero attached hydrogens (tertiary/aromatic N) is 1. The summed E-state index contributed by atoms with van der Waals surface area (Å²) in [6, 6.07) is 4.64. The van der Waals surface area contributed by atoms with Crippen LogP contribution in [0.15, 0.2) is 23.0 Å². The lowest BCUT2D eigenvalue weighted by molar-refractivity contribution is 0.0688. The molecule has 1 aromatic heterocycles. The Morgan fingerprint density at radius 2 is 2.22 bits per heavy atom. The summed E-state index contributed by atoms with van der Waals surface area (Å²) >= 11 is 0. The van der Waals surface area contributed by atoms with E-state index < -0.39 is 17.1 Å². The highest BCUT2D eigenvalue weighted by Gasteiger charge is 2.15. The van der Waals surface area contributed by atoms with Crippen LogP contribution < -0.4 is 10.2 Å². The van der Waals surface area contributed by atoms with E-state index in [1.807, 2.05) is 0 Å². The third-order valence-electron chi connectivity index (χ3n) is 2.32. The lowest BCUT2D eigenvalue weighted by atomic mass is 10.2. The summed E-state index contributed by atoms with van der Waals surface area (Å²) in [6.45, 7) is -0.0942. The van der Waals surface area contributed by atoms with E-state index in [1.54, 1.807) is 12.1 Å². The van der Waals surface area contributed by atoms with Gasteiger partial charge in [0.1, 0.15) is 17.9 Å². The molecule has 1 heterocycles. The largest absolute Gasteiger partial charge is 0.489 e. The molecule has 0 spiro atoms. The van der Waals surface area contributed by atoms with Gasteiger partial charge < -0.3 is 14.9 Å². The molecule has 0 saturated carbocycles. The minimum Gasteiger partial charge on any atom is -0.489 e. The molecule has 0 amide bonds. The number of H-pyrrole nitrogens is 1. The zero-order chi connectivity index (χ0) is 13.1. The van der Waals surface area contributed by atoms with E-state index in [-0.39, 0.29) is 18.6 Å². The van der Waals surface area contributed by atoms with E-state index in [0.717, 1.165) is 0 Å². The van der Waals surface area contributed by atoms with Crippen molar-refractivity contribution in [2.45, 2.75) is 0 Å². The highest BCUT2D eigenvalue weighted by atomic mass is 16.5. The van der Waals surface area contributed by atoms with Crippen LogP contribution in [-0.2, 0) is 0 Å². The Morgan fingerprint density at radius 1 is 1.44 bits per heavy atom. The molecule has 0 saturated heterocycles. The summed E-state index contributed by atoms with van der Waals surface area (Å²) < 4.78 is 5.22. The first-order valence-corrected chi connectivity index (χ1v) is 5.13. The van der Waals surface area contributed by atoms with Gasteiger partial charge in [0.15, 0.2) is 0 Å². The minimum absolute atomic E-state index is 0.0713. The van der Waals surface area contributed by atoms with Crippen LogP contribution in [0.2, 0.25) is 0 Å². The number of aromatic nitrogens is 2. The molecular formula is C11H10N2O5. The van der Waals surface area contributed by atoms with Gasteiger partial charge in [-0.3, -0.25) is 9.89 Å². The fourth-order valence-corrected chi connectivity index (χ4v) is 1.55. The molecule has 0 fully saturated rings. The number of aromatic amines is 1. The van der Waals surface area contributed by atoms with Gasteiger partial charge in [0.25, 0.3) is 0 Å². The van der Waals surface area contributed by atoms with Gasteiger partial charge in [-0.05, 0) is 12.1 Å². The number of aliphatic hydroxyl groups excluding tert-OH is 1. The first-order chi connectivity index (χ1) is 8.65. The van der Waals surface area contributed by atoms with Crippen molar-refractivity contribution in [3.63, 3.8) is 0 Å². The standard InChI is InChI=1S/C11H10N2O5/c14-4-5-18-7-3-1-2-6-8(7)12-13-9(10(6)15)11(16)17/h1-3,14H,4-5H2,(H,12,15)(H,16,17). The molecular weight excluding hydrogens is 240 g/mol. The van der Waals surface area contributed by atoms with Crippen molar-refractivity contribution in [1.29, 1.82) is 0 Å². The molecule has 0 aliphatic heterocycles. The third kappa shape index (κ3) is 2.03. The van der Waals surface area contributed by atoms with Crippen LogP contribution in [0.5, 0.6) is 5.75 Å². The number of para-hydroxylation sites is 1. The van der Waals surface area contributed by atoms with Crippen LogP contribution in [0, 0.1) is 0 Å². The van der Waals surface area contributed by atoms with E-state index in [9.17, 15) is 9.59 Å². The minimum atomic E-state index is -1.39. The van der Waals surface area contributed by atoms with Gasteiger partial charge in [-0.15, -0.1) is 0 Å². The van der Waals surface area contributed by atoms with Crippen molar-refractivity contribution in [3.05, 3.63) is 34.1 Å². The summed E-state index contributed by atoms with van der Waals surface area (Å²) in [6.07, 6.45) is 0. The molecule has 0 aliphatic carbocycles. The second-order valence-electron chi connectivity index (χ2n) is 3.46. The fourth-order valence-electron chi connectivity index (χ4n) is 1.55. The fraction of sp³-hybridized carbons (Fsp3) is 0.182. The van der Waals surface area contributed by atoms with Crippen LogP contribution in [0.25, 0.3) is 10.9 Å². The van der Waals surface area contributed by atoms with Crippen LogP contribution in [0.4, 0.5) is 0 Å². The molecule has 0 unspecified atom stereocenters. The van der Waals surface area contributed by atoms with Gasteiger partial charge in [0.05, 0.1) is 12.0 Å². The van der Waals surface area contributed by atoms with Crippen LogP contribution >= 0.6 is 0 Å². The maximum Gasteiger partial charge on any atom is 0.360 e. The normalized spacial score (nSPS) is 10.5. The number of benzene rings is 1. The molecule has 2 aromatic rings. The second-order valence-corrected chi connectivity index (χ2v) is 3.46. The van der Waals surface area contributed by atoms with E-state index >= 15 is 0 Å². The summed E-state index contributed by atoms with van der Waals surface area (Å²) in [5, 5.41) is 23.6. The number of fused-ring (bicyclic) bond motifs is 1. The summed E-state index contributed by atoms with van der Waals surface area (Å²) in [5.41, 5.74) is -0.937. The first-order valence-electron chi connectivity index (χ1n) is 5.13. The quantitative estimate of drug-likeness (QED) is 0.703. The van der Waals surface area contributed by atoms with Crippen molar-refractivity contribution in [2.24, 2.45) is 0 Å². The Bertz CT molecular complexity index is 649. The zero-order valence-corrected chi connectivity index (χ0v) is 9.21. The number of aromatic carboxylic acids is 1. The Balaban J connectivity index is 2.63. The number of hydrogen-bond donors (Lipinski definition) is 3. The van der Waals surface area contributed by atoms with Gasteiger partial charge >= 0.3 is 5.97 Å². The number of carbonyl (C=O) groups is 1. The summed E-state index contributed by atoms with van der Waals surface area (Å²) in [7, 11) is 0. The molecule has 1 aromatic carbocycles. The Kier molecular flexibility index (Phi) is 3.24. The van der Waals surface area contributed by atoms with Crippen LogP contribution in [0.3, 0.4) is 0 Å². The predicted molar refractivity (Wildman–Crippen MR) is 61.9 cm³/mol. The number of carboxylic acids is 1. The Labute approximate surface area is 101 Å². The van der Waals surface area contributed by atoms with Crippen LogP contribution in [-0.4, -0.2) is 39.6 Å². The number of aliphatic hydroxyl groups is 1. The Morgan fingerprint density at radius 3 is 2.89 bits per heavy atom. The van der Waals surface area contributed by atoms with E-state index in [1.165, 1.54) is 6.07 Å². The molecule has 7 heteroatoms.